The molecule has 0 aliphatic heterocycles. The van der Waals surface area contributed by atoms with Crippen LogP contribution in [0.4, 0.5) is 0 Å². The van der Waals surface area contributed by atoms with Crippen LogP contribution in [0.25, 0.3) is 0 Å². The van der Waals surface area contributed by atoms with E-state index in [2.05, 4.69) is 4.98 Å². The Hall–Kier alpha value is -0.0300. The Labute approximate surface area is 90.1 Å². The summed E-state index contributed by atoms with van der Waals surface area (Å²) in [5, 5.41) is -0.0559. The zero-order valence-electron chi connectivity index (χ0n) is 6.38. The minimum absolute atomic E-state index is 0.161. The molecule has 0 atom stereocenters. The highest BCUT2D eigenvalue weighted by Gasteiger charge is 2.17. The van der Waals surface area contributed by atoms with Gasteiger partial charge in [0.1, 0.15) is 10.0 Å². The van der Waals surface area contributed by atoms with Gasteiger partial charge in [0.25, 0.3) is 9.05 Å². The first-order valence-corrected chi connectivity index (χ1v) is 6.16. The van der Waals surface area contributed by atoms with Gasteiger partial charge >= 0.3 is 0 Å². The molecule has 72 valence electrons. The summed E-state index contributed by atoms with van der Waals surface area (Å²) in [6, 6.07) is 1.28. The van der Waals surface area contributed by atoms with E-state index in [4.69, 9.17) is 33.9 Å². The number of nitrogens with zero attached hydrogens (tertiary/aromatic N) is 1. The number of pyridine rings is 1. The molecule has 0 amide bonds. The molecule has 0 saturated carbocycles. The van der Waals surface area contributed by atoms with Crippen LogP contribution in [0.2, 0.25) is 10.3 Å². The summed E-state index contributed by atoms with van der Waals surface area (Å²) in [7, 11) is 1.24. The summed E-state index contributed by atoms with van der Waals surface area (Å²) >= 11 is 11.1. The number of hydrogen-bond donors (Lipinski definition) is 0. The van der Waals surface area contributed by atoms with Gasteiger partial charge in [0.2, 0.25) is 0 Å². The summed E-state index contributed by atoms with van der Waals surface area (Å²) in [6.07, 6.45) is 0. The lowest BCUT2D eigenvalue weighted by Crippen LogP contribution is -1.96. The van der Waals surface area contributed by atoms with Gasteiger partial charge in [-0.05, 0) is 18.6 Å². The Morgan fingerprint density at radius 2 is 1.85 bits per heavy atom. The number of halogens is 3. The van der Waals surface area contributed by atoms with E-state index in [-0.39, 0.29) is 15.2 Å². The molecule has 0 radical (unpaired) electrons. The molecule has 0 aliphatic carbocycles. The molecule has 0 bridgehead atoms. The van der Waals surface area contributed by atoms with Crippen molar-refractivity contribution in [3.63, 3.8) is 0 Å². The fraction of sp³-hybridized carbons (Fsp3) is 0.167. The van der Waals surface area contributed by atoms with Crippen molar-refractivity contribution in [1.29, 1.82) is 0 Å². The molecule has 1 aromatic rings. The fourth-order valence-corrected chi connectivity index (χ4v) is 2.38. The highest BCUT2D eigenvalue weighted by molar-refractivity contribution is 8.13. The average Bonchev–Trinajstić information content (AvgIpc) is 1.94. The summed E-state index contributed by atoms with van der Waals surface area (Å²) in [5.74, 6) is 0. The number of aromatic nitrogens is 1. The Morgan fingerprint density at radius 3 is 2.31 bits per heavy atom. The second-order valence-corrected chi connectivity index (χ2v) is 5.57. The predicted molar refractivity (Wildman–Crippen MR) is 52.0 cm³/mol. The quantitative estimate of drug-likeness (QED) is 0.576. The molecule has 13 heavy (non-hydrogen) atoms. The third kappa shape index (κ3) is 2.47. The molecule has 1 aromatic heterocycles. The molecule has 0 N–H and O–H groups in total. The normalized spacial score (nSPS) is 11.7. The van der Waals surface area contributed by atoms with Gasteiger partial charge in [0.05, 0.1) is 0 Å². The smallest absolute Gasteiger partial charge is 0.223 e. The van der Waals surface area contributed by atoms with Crippen LogP contribution in [0.5, 0.6) is 0 Å². The van der Waals surface area contributed by atoms with Crippen molar-refractivity contribution in [3.05, 3.63) is 21.9 Å². The molecule has 0 fully saturated rings. The first kappa shape index (κ1) is 11.0. The lowest BCUT2D eigenvalue weighted by atomic mass is 10.3. The van der Waals surface area contributed by atoms with Crippen molar-refractivity contribution in [2.75, 3.05) is 0 Å². The molecular formula is C6H4Cl3NO2S. The Morgan fingerprint density at radius 1 is 1.31 bits per heavy atom. The molecule has 0 saturated heterocycles. The van der Waals surface area contributed by atoms with Gasteiger partial charge in [-0.1, -0.05) is 23.2 Å². The largest absolute Gasteiger partial charge is 0.264 e. The third-order valence-corrected chi connectivity index (χ3v) is 3.45. The first-order valence-electron chi connectivity index (χ1n) is 3.09. The first-order chi connectivity index (χ1) is 5.82. The van der Waals surface area contributed by atoms with Gasteiger partial charge in [-0.15, -0.1) is 0 Å². The standard InChI is InChI=1S/C6H4Cl3NO2S/c1-3-2-4(13(9,11)12)6(8)10-5(3)7/h2H,1H3. The maximum absolute atomic E-state index is 10.9. The Bertz CT molecular complexity index is 443. The highest BCUT2D eigenvalue weighted by Crippen LogP contribution is 2.26. The van der Waals surface area contributed by atoms with Gasteiger partial charge < -0.3 is 0 Å². The molecule has 3 nitrogen and oxygen atoms in total. The van der Waals surface area contributed by atoms with E-state index in [0.29, 0.717) is 5.56 Å². The molecule has 0 unspecified atom stereocenters. The molecule has 0 spiro atoms. The van der Waals surface area contributed by atoms with Crippen molar-refractivity contribution in [1.82, 2.24) is 4.98 Å². The van der Waals surface area contributed by atoms with E-state index in [1.54, 1.807) is 6.92 Å². The van der Waals surface area contributed by atoms with Gasteiger partial charge in [-0.25, -0.2) is 13.4 Å². The van der Waals surface area contributed by atoms with E-state index < -0.39 is 9.05 Å². The van der Waals surface area contributed by atoms with Gasteiger partial charge in [0, 0.05) is 10.7 Å². The van der Waals surface area contributed by atoms with E-state index in [0.717, 1.165) is 0 Å². The number of rotatable bonds is 1. The summed E-state index contributed by atoms with van der Waals surface area (Å²) in [6.45, 7) is 1.61. The van der Waals surface area contributed by atoms with Crippen molar-refractivity contribution >= 4 is 42.9 Å². The lowest BCUT2D eigenvalue weighted by Gasteiger charge is -2.02. The lowest BCUT2D eigenvalue weighted by molar-refractivity contribution is 0.609. The van der Waals surface area contributed by atoms with Crippen LogP contribution in [0.3, 0.4) is 0 Å². The maximum Gasteiger partial charge on any atom is 0.264 e. The Balaban J connectivity index is 3.50. The average molecular weight is 261 g/mol. The minimum atomic E-state index is -3.85. The van der Waals surface area contributed by atoms with E-state index >= 15 is 0 Å². The Kier molecular flexibility index (Phi) is 3.07. The zero-order chi connectivity index (χ0) is 10.2. The van der Waals surface area contributed by atoms with Crippen molar-refractivity contribution in [3.8, 4) is 0 Å². The molecule has 1 heterocycles. The topological polar surface area (TPSA) is 47.0 Å². The van der Waals surface area contributed by atoms with Gasteiger partial charge in [-0.3, -0.25) is 0 Å². The number of hydrogen-bond acceptors (Lipinski definition) is 3. The van der Waals surface area contributed by atoms with Gasteiger partial charge in [0.15, 0.2) is 5.15 Å². The third-order valence-electron chi connectivity index (χ3n) is 1.34. The van der Waals surface area contributed by atoms with Crippen LogP contribution >= 0.6 is 33.9 Å². The highest BCUT2D eigenvalue weighted by atomic mass is 35.7. The summed E-state index contributed by atoms with van der Waals surface area (Å²) < 4.78 is 21.8. The van der Waals surface area contributed by atoms with E-state index in [1.807, 2.05) is 0 Å². The number of aryl methyl sites for hydroxylation is 1. The zero-order valence-corrected chi connectivity index (χ0v) is 9.47. The van der Waals surface area contributed by atoms with Crippen molar-refractivity contribution < 1.29 is 8.42 Å². The van der Waals surface area contributed by atoms with Crippen molar-refractivity contribution in [2.24, 2.45) is 0 Å². The fourth-order valence-electron chi connectivity index (χ4n) is 0.716. The van der Waals surface area contributed by atoms with E-state index in [9.17, 15) is 8.42 Å². The predicted octanol–water partition coefficient (Wildman–Crippen LogP) is 2.62. The maximum atomic E-state index is 10.9. The van der Waals surface area contributed by atoms with Crippen LogP contribution in [0, 0.1) is 6.92 Å². The van der Waals surface area contributed by atoms with Crippen LogP contribution in [0.1, 0.15) is 5.56 Å². The van der Waals surface area contributed by atoms with Crippen LogP contribution in [-0.4, -0.2) is 13.4 Å². The molecule has 7 heteroatoms. The molecular weight excluding hydrogens is 256 g/mol. The monoisotopic (exact) mass is 259 g/mol. The van der Waals surface area contributed by atoms with Crippen molar-refractivity contribution in [2.45, 2.75) is 11.8 Å². The van der Waals surface area contributed by atoms with E-state index in [1.165, 1.54) is 6.07 Å². The SMILES string of the molecule is Cc1cc(S(=O)(=O)Cl)c(Cl)nc1Cl. The van der Waals surface area contributed by atoms with Crippen LogP contribution in [0.15, 0.2) is 11.0 Å². The minimum Gasteiger partial charge on any atom is -0.223 e. The summed E-state index contributed by atoms with van der Waals surface area (Å²) in [5.41, 5.74) is 0.505. The second kappa shape index (κ2) is 3.61. The molecule has 1 rings (SSSR count). The van der Waals surface area contributed by atoms with Gasteiger partial charge in [-0.2, -0.15) is 0 Å². The van der Waals surface area contributed by atoms with Crippen LogP contribution in [-0.2, 0) is 9.05 Å². The second-order valence-electron chi connectivity index (χ2n) is 2.32. The molecule has 0 aromatic carbocycles. The van der Waals surface area contributed by atoms with Crippen LogP contribution < -0.4 is 0 Å². The molecule has 0 aliphatic rings. The summed E-state index contributed by atoms with van der Waals surface area (Å²) in [4.78, 5) is 3.38.